The molecule has 0 fully saturated rings. The van der Waals surface area contributed by atoms with Crippen LogP contribution in [0.3, 0.4) is 0 Å². The van der Waals surface area contributed by atoms with Crippen molar-refractivity contribution in [1.82, 2.24) is 9.97 Å². The number of nitriles is 1. The van der Waals surface area contributed by atoms with Crippen molar-refractivity contribution >= 4 is 5.69 Å². The first-order valence-corrected chi connectivity index (χ1v) is 6.60. The van der Waals surface area contributed by atoms with Crippen molar-refractivity contribution in [3.05, 3.63) is 77.8 Å². The SMILES string of the molecule is N#CC1=C(N)Oc2[nH]c(=O)[nH]c(=O)c2C1c1cccc([N+](=O)[O-])c1. The Balaban J connectivity index is 2.32. The molecule has 3 rings (SSSR count). The van der Waals surface area contributed by atoms with Crippen LogP contribution in [0.15, 0.2) is 45.3 Å². The second kappa shape index (κ2) is 5.40. The van der Waals surface area contributed by atoms with E-state index in [0.717, 1.165) is 0 Å². The van der Waals surface area contributed by atoms with Gasteiger partial charge in [0, 0.05) is 12.1 Å². The molecule has 24 heavy (non-hydrogen) atoms. The third kappa shape index (κ3) is 2.30. The number of aromatic amines is 2. The zero-order valence-corrected chi connectivity index (χ0v) is 11.9. The van der Waals surface area contributed by atoms with Gasteiger partial charge in [0.25, 0.3) is 11.2 Å². The third-order valence-electron chi connectivity index (χ3n) is 3.53. The smallest absolute Gasteiger partial charge is 0.328 e. The zero-order chi connectivity index (χ0) is 17.4. The topological polar surface area (TPSA) is 168 Å². The second-order valence-corrected chi connectivity index (χ2v) is 4.93. The van der Waals surface area contributed by atoms with Crippen molar-refractivity contribution in [1.29, 1.82) is 5.26 Å². The molecule has 0 aliphatic carbocycles. The van der Waals surface area contributed by atoms with Crippen molar-refractivity contribution < 1.29 is 9.66 Å². The highest BCUT2D eigenvalue weighted by atomic mass is 16.6. The summed E-state index contributed by atoms with van der Waals surface area (Å²) >= 11 is 0. The van der Waals surface area contributed by atoms with E-state index in [0.29, 0.717) is 5.56 Å². The summed E-state index contributed by atoms with van der Waals surface area (Å²) in [4.78, 5) is 38.3. The highest BCUT2D eigenvalue weighted by molar-refractivity contribution is 5.54. The standard InChI is InChI=1S/C14H9N5O5/c15-5-8-9(6-2-1-3-7(4-6)19(22)23)10-12(20)17-14(21)18-13(10)24-11(8)16/h1-4,9H,16H2,(H2,17,18,20,21). The van der Waals surface area contributed by atoms with E-state index < -0.39 is 22.1 Å². The van der Waals surface area contributed by atoms with Crippen LogP contribution in [-0.2, 0) is 0 Å². The lowest BCUT2D eigenvalue weighted by atomic mass is 9.85. The predicted octanol–water partition coefficient (Wildman–Crippen LogP) is 0.190. The fourth-order valence-electron chi connectivity index (χ4n) is 2.54. The quantitative estimate of drug-likeness (QED) is 0.522. The predicted molar refractivity (Wildman–Crippen MR) is 80.1 cm³/mol. The number of hydrogen-bond acceptors (Lipinski definition) is 7. The van der Waals surface area contributed by atoms with Crippen LogP contribution in [-0.4, -0.2) is 14.9 Å². The van der Waals surface area contributed by atoms with Gasteiger partial charge in [0.15, 0.2) is 0 Å². The highest BCUT2D eigenvalue weighted by Gasteiger charge is 2.34. The lowest BCUT2D eigenvalue weighted by Crippen LogP contribution is -2.33. The number of nitrogens with one attached hydrogen (secondary N) is 2. The van der Waals surface area contributed by atoms with E-state index in [-0.39, 0.29) is 28.6 Å². The summed E-state index contributed by atoms with van der Waals surface area (Å²) in [5.41, 5.74) is 4.07. The lowest BCUT2D eigenvalue weighted by molar-refractivity contribution is -0.384. The van der Waals surface area contributed by atoms with E-state index >= 15 is 0 Å². The molecule has 1 aromatic carbocycles. The first-order valence-electron chi connectivity index (χ1n) is 6.60. The molecule has 2 heterocycles. The van der Waals surface area contributed by atoms with E-state index in [4.69, 9.17) is 10.5 Å². The summed E-state index contributed by atoms with van der Waals surface area (Å²) in [6.45, 7) is 0. The molecule has 120 valence electrons. The number of ether oxygens (including phenoxy) is 1. The molecular weight excluding hydrogens is 318 g/mol. The van der Waals surface area contributed by atoms with Crippen molar-refractivity contribution in [3.63, 3.8) is 0 Å². The maximum absolute atomic E-state index is 12.2. The van der Waals surface area contributed by atoms with Crippen LogP contribution in [0.25, 0.3) is 0 Å². The molecule has 1 aliphatic rings. The van der Waals surface area contributed by atoms with E-state index in [1.54, 1.807) is 0 Å². The van der Waals surface area contributed by atoms with Gasteiger partial charge in [-0.2, -0.15) is 5.26 Å². The molecule has 1 aliphatic heterocycles. The maximum Gasteiger partial charge on any atom is 0.328 e. The minimum Gasteiger partial charge on any atom is -0.424 e. The molecular formula is C14H9N5O5. The molecule has 4 N–H and O–H groups in total. The summed E-state index contributed by atoms with van der Waals surface area (Å²) in [5.74, 6) is -1.49. The van der Waals surface area contributed by atoms with Crippen LogP contribution in [0.4, 0.5) is 5.69 Å². The number of hydrogen-bond donors (Lipinski definition) is 3. The maximum atomic E-state index is 12.2. The first-order chi connectivity index (χ1) is 11.4. The van der Waals surface area contributed by atoms with Crippen LogP contribution in [0, 0.1) is 21.4 Å². The average Bonchev–Trinajstić information content (AvgIpc) is 2.53. The minimum absolute atomic E-state index is 0.0548. The number of aromatic nitrogens is 2. The number of H-pyrrole nitrogens is 2. The Labute approximate surface area is 133 Å². The summed E-state index contributed by atoms with van der Waals surface area (Å²) in [5, 5.41) is 20.3. The number of allylic oxidation sites excluding steroid dienone is 1. The largest absolute Gasteiger partial charge is 0.424 e. The van der Waals surface area contributed by atoms with Crippen molar-refractivity contribution in [2.45, 2.75) is 5.92 Å². The van der Waals surface area contributed by atoms with Gasteiger partial charge in [0.2, 0.25) is 11.8 Å². The fraction of sp³-hybridized carbons (Fsp3) is 0.0714. The van der Waals surface area contributed by atoms with Crippen LogP contribution in [0.1, 0.15) is 17.0 Å². The minimum atomic E-state index is -1.00. The Morgan fingerprint density at radius 1 is 1.33 bits per heavy atom. The van der Waals surface area contributed by atoms with Gasteiger partial charge in [-0.1, -0.05) is 12.1 Å². The third-order valence-corrected chi connectivity index (χ3v) is 3.53. The van der Waals surface area contributed by atoms with Gasteiger partial charge < -0.3 is 10.5 Å². The van der Waals surface area contributed by atoms with E-state index in [1.165, 1.54) is 24.3 Å². The molecule has 1 aromatic heterocycles. The molecule has 0 spiro atoms. The molecule has 10 nitrogen and oxygen atoms in total. The van der Waals surface area contributed by atoms with Gasteiger partial charge in [0.1, 0.15) is 11.6 Å². The van der Waals surface area contributed by atoms with Gasteiger partial charge in [0.05, 0.1) is 16.4 Å². The van der Waals surface area contributed by atoms with E-state index in [9.17, 15) is 25.0 Å². The van der Waals surface area contributed by atoms with Gasteiger partial charge in [-0.15, -0.1) is 0 Å². The molecule has 0 radical (unpaired) electrons. The van der Waals surface area contributed by atoms with Crippen LogP contribution in [0.5, 0.6) is 5.88 Å². The summed E-state index contributed by atoms with van der Waals surface area (Å²) in [7, 11) is 0. The molecule has 10 heteroatoms. The number of nitro groups is 1. The van der Waals surface area contributed by atoms with Crippen molar-refractivity contribution in [2.24, 2.45) is 5.73 Å². The molecule has 0 saturated carbocycles. The number of nitro benzene ring substituents is 1. The number of nitrogens with zero attached hydrogens (tertiary/aromatic N) is 2. The summed E-state index contributed by atoms with van der Waals surface area (Å²) < 4.78 is 5.15. The van der Waals surface area contributed by atoms with Gasteiger partial charge >= 0.3 is 5.69 Å². The zero-order valence-electron chi connectivity index (χ0n) is 11.9. The molecule has 1 atom stereocenters. The molecule has 0 amide bonds. The van der Waals surface area contributed by atoms with E-state index in [1.807, 2.05) is 11.1 Å². The van der Waals surface area contributed by atoms with Gasteiger partial charge in [-0.05, 0) is 5.56 Å². The van der Waals surface area contributed by atoms with E-state index in [2.05, 4.69) is 4.98 Å². The summed E-state index contributed by atoms with van der Waals surface area (Å²) in [6, 6.07) is 7.30. The first kappa shape index (κ1) is 15.0. The van der Waals surface area contributed by atoms with Gasteiger partial charge in [-0.3, -0.25) is 24.9 Å². The average molecular weight is 327 g/mol. The number of benzene rings is 1. The molecule has 1 unspecified atom stereocenters. The Morgan fingerprint density at radius 2 is 2.08 bits per heavy atom. The fourth-order valence-corrected chi connectivity index (χ4v) is 2.54. The number of nitrogens with two attached hydrogens (primary N) is 1. The lowest BCUT2D eigenvalue weighted by Gasteiger charge is -2.24. The number of rotatable bonds is 2. The molecule has 2 aromatic rings. The number of non-ortho nitro benzene ring substituents is 1. The van der Waals surface area contributed by atoms with Gasteiger partial charge in [-0.25, -0.2) is 4.79 Å². The van der Waals surface area contributed by atoms with Crippen LogP contribution < -0.4 is 21.7 Å². The Morgan fingerprint density at radius 3 is 2.75 bits per heavy atom. The highest BCUT2D eigenvalue weighted by Crippen LogP contribution is 2.39. The second-order valence-electron chi connectivity index (χ2n) is 4.93. The van der Waals surface area contributed by atoms with Crippen LogP contribution >= 0.6 is 0 Å². The Hall–Kier alpha value is -3.87. The Bertz CT molecular complexity index is 1040. The monoisotopic (exact) mass is 327 g/mol. The number of fused-ring (bicyclic) bond motifs is 1. The molecule has 0 bridgehead atoms. The summed E-state index contributed by atoms with van der Waals surface area (Å²) in [6.07, 6.45) is 0. The van der Waals surface area contributed by atoms with Crippen molar-refractivity contribution in [2.75, 3.05) is 0 Å². The molecule has 0 saturated heterocycles. The van der Waals surface area contributed by atoms with Crippen molar-refractivity contribution in [3.8, 4) is 11.9 Å². The van der Waals surface area contributed by atoms with Crippen LogP contribution in [0.2, 0.25) is 0 Å². The normalized spacial score (nSPS) is 16.0. The Kier molecular flexibility index (Phi) is 3.38.